The van der Waals surface area contributed by atoms with Crippen LogP contribution in [-0.4, -0.2) is 34.4 Å². The largest absolute Gasteiger partial charge is 0.497 e. The summed E-state index contributed by atoms with van der Waals surface area (Å²) in [7, 11) is 1.64. The molecule has 6 nitrogen and oxygen atoms in total. The van der Waals surface area contributed by atoms with Crippen LogP contribution in [0.3, 0.4) is 0 Å². The van der Waals surface area contributed by atoms with E-state index in [1.54, 1.807) is 30.3 Å². The molecule has 0 saturated carbocycles. The van der Waals surface area contributed by atoms with Gasteiger partial charge in [-0.1, -0.05) is 0 Å². The summed E-state index contributed by atoms with van der Waals surface area (Å²) in [6, 6.07) is 11.0. The first-order valence-electron chi connectivity index (χ1n) is 8.18. The standard InChI is InChI=1S/C19H16BrN3O3/c1-25-14-4-2-12(3-5-14)18-21-10-13-11-23(9-8-15(13)22-18)19(24)16-6-7-17(20)26-16/h2-7,10H,8-9,11H2,1H3. The number of methoxy groups -OCH3 is 1. The highest BCUT2D eigenvalue weighted by molar-refractivity contribution is 9.10. The Bertz CT molecular complexity index is 953. The van der Waals surface area contributed by atoms with Gasteiger partial charge in [-0.05, 0) is 52.3 Å². The smallest absolute Gasteiger partial charge is 0.289 e. The number of carbonyl (C=O) groups excluding carboxylic acids is 1. The number of nitrogens with zero attached hydrogens (tertiary/aromatic N) is 3. The molecule has 0 aliphatic carbocycles. The van der Waals surface area contributed by atoms with Crippen LogP contribution < -0.4 is 4.74 Å². The minimum Gasteiger partial charge on any atom is -0.497 e. The lowest BCUT2D eigenvalue weighted by Gasteiger charge is -2.27. The molecule has 0 spiro atoms. The number of halogens is 1. The van der Waals surface area contributed by atoms with Gasteiger partial charge in [0, 0.05) is 36.8 Å². The van der Waals surface area contributed by atoms with E-state index in [9.17, 15) is 4.79 Å². The van der Waals surface area contributed by atoms with Crippen LogP contribution in [0.15, 0.2) is 51.7 Å². The fourth-order valence-electron chi connectivity index (χ4n) is 2.95. The first kappa shape index (κ1) is 16.8. The van der Waals surface area contributed by atoms with Crippen molar-refractivity contribution in [1.29, 1.82) is 0 Å². The quantitative estimate of drug-likeness (QED) is 0.654. The third-order valence-electron chi connectivity index (χ3n) is 4.35. The number of hydrogen-bond acceptors (Lipinski definition) is 5. The lowest BCUT2D eigenvalue weighted by Crippen LogP contribution is -2.36. The van der Waals surface area contributed by atoms with Gasteiger partial charge >= 0.3 is 0 Å². The van der Waals surface area contributed by atoms with Crippen molar-refractivity contribution in [2.24, 2.45) is 0 Å². The molecule has 0 N–H and O–H groups in total. The Balaban J connectivity index is 1.54. The summed E-state index contributed by atoms with van der Waals surface area (Å²) in [4.78, 5) is 23.4. The van der Waals surface area contributed by atoms with Crippen molar-refractivity contribution in [3.8, 4) is 17.1 Å². The summed E-state index contributed by atoms with van der Waals surface area (Å²) < 4.78 is 11.1. The fourth-order valence-corrected chi connectivity index (χ4v) is 3.26. The Hall–Kier alpha value is -2.67. The van der Waals surface area contributed by atoms with Crippen molar-refractivity contribution in [3.63, 3.8) is 0 Å². The molecule has 0 bridgehead atoms. The molecule has 3 aromatic rings. The Morgan fingerprint density at radius 1 is 1.23 bits per heavy atom. The Labute approximate surface area is 159 Å². The number of benzene rings is 1. The van der Waals surface area contributed by atoms with E-state index in [1.165, 1.54) is 0 Å². The molecular weight excluding hydrogens is 398 g/mol. The first-order valence-corrected chi connectivity index (χ1v) is 8.97. The molecule has 1 aliphatic rings. The maximum atomic E-state index is 12.5. The highest BCUT2D eigenvalue weighted by Gasteiger charge is 2.25. The molecule has 0 unspecified atom stereocenters. The van der Waals surface area contributed by atoms with Gasteiger partial charge in [-0.2, -0.15) is 0 Å². The van der Waals surface area contributed by atoms with Crippen molar-refractivity contribution < 1.29 is 13.9 Å². The van der Waals surface area contributed by atoms with E-state index in [2.05, 4.69) is 25.9 Å². The Morgan fingerprint density at radius 3 is 2.73 bits per heavy atom. The minimum atomic E-state index is -0.124. The second-order valence-electron chi connectivity index (χ2n) is 5.97. The molecule has 4 rings (SSSR count). The van der Waals surface area contributed by atoms with Gasteiger partial charge in [-0.15, -0.1) is 0 Å². The van der Waals surface area contributed by atoms with Crippen LogP contribution >= 0.6 is 15.9 Å². The summed E-state index contributed by atoms with van der Waals surface area (Å²) in [6.07, 6.45) is 2.49. The number of rotatable bonds is 3. The predicted molar refractivity (Wildman–Crippen MR) is 98.9 cm³/mol. The van der Waals surface area contributed by atoms with Crippen LogP contribution in [0, 0.1) is 0 Å². The molecular formula is C19H16BrN3O3. The van der Waals surface area contributed by atoms with Gasteiger partial charge in [-0.25, -0.2) is 9.97 Å². The van der Waals surface area contributed by atoms with Crippen LogP contribution in [0.4, 0.5) is 0 Å². The lowest BCUT2D eigenvalue weighted by atomic mass is 10.1. The molecule has 7 heteroatoms. The Morgan fingerprint density at radius 2 is 2.04 bits per heavy atom. The highest BCUT2D eigenvalue weighted by atomic mass is 79.9. The molecule has 0 fully saturated rings. The maximum absolute atomic E-state index is 12.5. The van der Waals surface area contributed by atoms with E-state index < -0.39 is 0 Å². The Kier molecular flexibility index (Phi) is 4.46. The molecule has 26 heavy (non-hydrogen) atoms. The average molecular weight is 414 g/mol. The van der Waals surface area contributed by atoms with Crippen molar-refractivity contribution >= 4 is 21.8 Å². The zero-order valence-corrected chi connectivity index (χ0v) is 15.7. The van der Waals surface area contributed by atoms with Crippen molar-refractivity contribution in [2.45, 2.75) is 13.0 Å². The first-order chi connectivity index (χ1) is 12.6. The average Bonchev–Trinajstić information content (AvgIpc) is 3.13. The second-order valence-corrected chi connectivity index (χ2v) is 6.76. The summed E-state index contributed by atoms with van der Waals surface area (Å²) in [6.45, 7) is 1.08. The second kappa shape index (κ2) is 6.92. The third-order valence-corrected chi connectivity index (χ3v) is 4.78. The van der Waals surface area contributed by atoms with Crippen LogP contribution in [0.5, 0.6) is 5.75 Å². The van der Waals surface area contributed by atoms with E-state index in [4.69, 9.17) is 9.15 Å². The van der Waals surface area contributed by atoms with Gasteiger partial charge in [0.25, 0.3) is 5.91 Å². The summed E-state index contributed by atoms with van der Waals surface area (Å²) in [5.74, 6) is 1.68. The SMILES string of the molecule is COc1ccc(-c2ncc3c(n2)CCN(C(=O)c2ccc(Br)o2)C3)cc1. The van der Waals surface area contributed by atoms with Gasteiger partial charge in [0.15, 0.2) is 16.3 Å². The molecule has 3 heterocycles. The van der Waals surface area contributed by atoms with E-state index in [1.807, 2.05) is 24.3 Å². The number of fused-ring (bicyclic) bond motifs is 1. The van der Waals surface area contributed by atoms with Crippen LogP contribution in [0.25, 0.3) is 11.4 Å². The van der Waals surface area contributed by atoms with Gasteiger partial charge in [0.1, 0.15) is 5.75 Å². The summed E-state index contributed by atoms with van der Waals surface area (Å²) in [5, 5.41) is 0. The highest BCUT2D eigenvalue weighted by Crippen LogP contribution is 2.24. The molecule has 1 aliphatic heterocycles. The van der Waals surface area contributed by atoms with Crippen molar-refractivity contribution in [2.75, 3.05) is 13.7 Å². The van der Waals surface area contributed by atoms with Crippen LogP contribution in [0.2, 0.25) is 0 Å². The van der Waals surface area contributed by atoms with Gasteiger partial charge < -0.3 is 14.1 Å². The number of furan rings is 1. The molecule has 0 saturated heterocycles. The minimum absolute atomic E-state index is 0.124. The maximum Gasteiger partial charge on any atom is 0.289 e. The third kappa shape index (κ3) is 3.22. The van der Waals surface area contributed by atoms with E-state index in [0.29, 0.717) is 35.8 Å². The normalized spacial score (nSPS) is 13.4. The van der Waals surface area contributed by atoms with Gasteiger partial charge in [0.05, 0.1) is 12.8 Å². The molecule has 0 radical (unpaired) electrons. The van der Waals surface area contributed by atoms with Gasteiger partial charge in [-0.3, -0.25) is 4.79 Å². The summed E-state index contributed by atoms with van der Waals surface area (Å²) in [5.41, 5.74) is 2.88. The molecule has 2 aromatic heterocycles. The molecule has 0 atom stereocenters. The van der Waals surface area contributed by atoms with E-state index in [-0.39, 0.29) is 5.91 Å². The number of ether oxygens (including phenoxy) is 1. The van der Waals surface area contributed by atoms with Crippen LogP contribution in [0.1, 0.15) is 21.8 Å². The van der Waals surface area contributed by atoms with Crippen LogP contribution in [-0.2, 0) is 13.0 Å². The van der Waals surface area contributed by atoms with E-state index in [0.717, 1.165) is 22.6 Å². The monoisotopic (exact) mass is 413 g/mol. The van der Waals surface area contributed by atoms with Gasteiger partial charge in [0.2, 0.25) is 0 Å². The topological polar surface area (TPSA) is 68.5 Å². The molecule has 132 valence electrons. The van der Waals surface area contributed by atoms with Crippen molar-refractivity contribution in [3.05, 3.63) is 64.3 Å². The number of aromatic nitrogens is 2. The zero-order valence-electron chi connectivity index (χ0n) is 14.1. The molecule has 1 amide bonds. The number of hydrogen-bond donors (Lipinski definition) is 0. The molecule has 1 aromatic carbocycles. The fraction of sp³-hybridized carbons (Fsp3) is 0.211. The zero-order chi connectivity index (χ0) is 18.1. The summed E-state index contributed by atoms with van der Waals surface area (Å²) >= 11 is 3.22. The lowest BCUT2D eigenvalue weighted by molar-refractivity contribution is 0.0699. The van der Waals surface area contributed by atoms with E-state index >= 15 is 0 Å². The number of carbonyl (C=O) groups is 1. The number of amides is 1. The predicted octanol–water partition coefficient (Wildman–Crippen LogP) is 3.71. The van der Waals surface area contributed by atoms with Crippen molar-refractivity contribution in [1.82, 2.24) is 14.9 Å².